The highest BCUT2D eigenvalue weighted by Gasteiger charge is 2.05. The molecule has 5 nitrogen and oxygen atoms in total. The number of aromatic nitrogens is 2. The lowest BCUT2D eigenvalue weighted by Gasteiger charge is -2.04. The minimum absolute atomic E-state index is 0.498. The summed E-state index contributed by atoms with van der Waals surface area (Å²) in [7, 11) is 0. The third-order valence-corrected chi connectivity index (χ3v) is 2.77. The Morgan fingerprint density at radius 3 is 2.94 bits per heavy atom. The molecule has 0 atom stereocenters. The second kappa shape index (κ2) is 4.80. The molecule has 0 aliphatic carbocycles. The van der Waals surface area contributed by atoms with Gasteiger partial charge in [-0.05, 0) is 33.6 Å². The van der Waals surface area contributed by atoms with E-state index < -0.39 is 0 Å². The van der Waals surface area contributed by atoms with E-state index in [2.05, 4.69) is 26.2 Å². The molecule has 0 unspecified atom stereocenters. The second-order valence-electron chi connectivity index (χ2n) is 3.24. The molecule has 17 heavy (non-hydrogen) atoms. The summed E-state index contributed by atoms with van der Waals surface area (Å²) < 4.78 is 2.39. The van der Waals surface area contributed by atoms with Gasteiger partial charge in [-0.25, -0.2) is 4.68 Å². The van der Waals surface area contributed by atoms with Gasteiger partial charge >= 0.3 is 0 Å². The van der Waals surface area contributed by atoms with Crippen molar-refractivity contribution in [1.29, 1.82) is 5.26 Å². The summed E-state index contributed by atoms with van der Waals surface area (Å²) in [6.45, 7) is 0. The van der Waals surface area contributed by atoms with Crippen molar-refractivity contribution < 1.29 is 5.21 Å². The zero-order valence-electron chi connectivity index (χ0n) is 8.58. The third-order valence-electron chi connectivity index (χ3n) is 2.14. The molecule has 0 aliphatic rings. The molecule has 0 bridgehead atoms. The summed E-state index contributed by atoms with van der Waals surface area (Å²) in [6.07, 6.45) is 4.47. The standard InChI is InChI=1S/C11H7BrN4O/c12-10-3-8(6-15-17)1-2-11(10)16-7-9(4-13)5-14-16/h1-3,5-7,17H. The van der Waals surface area contributed by atoms with Gasteiger partial charge in [0, 0.05) is 10.7 Å². The van der Waals surface area contributed by atoms with Crippen LogP contribution in [0.15, 0.2) is 40.2 Å². The van der Waals surface area contributed by atoms with Crippen molar-refractivity contribution in [3.8, 4) is 11.8 Å². The van der Waals surface area contributed by atoms with Crippen molar-refractivity contribution in [2.75, 3.05) is 0 Å². The van der Waals surface area contributed by atoms with Gasteiger partial charge in [0.1, 0.15) is 6.07 Å². The normalized spacial score (nSPS) is 10.6. The highest BCUT2D eigenvalue weighted by Crippen LogP contribution is 2.21. The molecule has 84 valence electrons. The van der Waals surface area contributed by atoms with Crippen LogP contribution < -0.4 is 0 Å². The quantitative estimate of drug-likeness (QED) is 0.524. The second-order valence-corrected chi connectivity index (χ2v) is 4.10. The van der Waals surface area contributed by atoms with Crippen LogP contribution in [0.1, 0.15) is 11.1 Å². The minimum Gasteiger partial charge on any atom is -0.411 e. The highest BCUT2D eigenvalue weighted by molar-refractivity contribution is 9.10. The first-order chi connectivity index (χ1) is 8.24. The molecule has 0 saturated carbocycles. The van der Waals surface area contributed by atoms with Crippen LogP contribution >= 0.6 is 15.9 Å². The van der Waals surface area contributed by atoms with E-state index in [1.54, 1.807) is 23.0 Å². The van der Waals surface area contributed by atoms with Crippen LogP contribution in [0, 0.1) is 11.3 Å². The van der Waals surface area contributed by atoms with Crippen LogP contribution in [0.3, 0.4) is 0 Å². The van der Waals surface area contributed by atoms with Gasteiger partial charge in [0.2, 0.25) is 0 Å². The predicted molar refractivity (Wildman–Crippen MR) is 65.4 cm³/mol. The maximum atomic E-state index is 8.72. The van der Waals surface area contributed by atoms with Crippen LogP contribution in [0.5, 0.6) is 0 Å². The van der Waals surface area contributed by atoms with Gasteiger partial charge in [-0.15, -0.1) is 0 Å². The van der Waals surface area contributed by atoms with E-state index >= 15 is 0 Å². The fraction of sp³-hybridized carbons (Fsp3) is 0. The molecule has 1 aromatic carbocycles. The number of benzene rings is 1. The topological polar surface area (TPSA) is 74.2 Å². The van der Waals surface area contributed by atoms with Gasteiger partial charge in [0.25, 0.3) is 0 Å². The molecule has 1 aromatic heterocycles. The molecule has 0 amide bonds. The average molecular weight is 291 g/mol. The summed E-state index contributed by atoms with van der Waals surface area (Å²) in [5.41, 5.74) is 2.07. The van der Waals surface area contributed by atoms with Crippen molar-refractivity contribution in [2.45, 2.75) is 0 Å². The molecule has 0 saturated heterocycles. The number of oxime groups is 1. The monoisotopic (exact) mass is 290 g/mol. The van der Waals surface area contributed by atoms with Gasteiger partial charge in [-0.2, -0.15) is 10.4 Å². The number of rotatable bonds is 2. The lowest BCUT2D eigenvalue weighted by Crippen LogP contribution is -1.96. The van der Waals surface area contributed by atoms with E-state index in [1.165, 1.54) is 12.4 Å². The Hall–Kier alpha value is -2.13. The van der Waals surface area contributed by atoms with Crippen molar-refractivity contribution in [1.82, 2.24) is 9.78 Å². The van der Waals surface area contributed by atoms with Crippen LogP contribution in [0.25, 0.3) is 5.69 Å². The Morgan fingerprint density at radius 1 is 1.53 bits per heavy atom. The van der Waals surface area contributed by atoms with E-state index in [4.69, 9.17) is 10.5 Å². The van der Waals surface area contributed by atoms with Crippen molar-refractivity contribution in [3.05, 3.63) is 46.2 Å². The van der Waals surface area contributed by atoms with Gasteiger partial charge in [0.05, 0.1) is 23.7 Å². The number of nitrogens with zero attached hydrogens (tertiary/aromatic N) is 4. The number of nitriles is 1. The fourth-order valence-electron chi connectivity index (χ4n) is 1.37. The van der Waals surface area contributed by atoms with Crippen LogP contribution in [-0.2, 0) is 0 Å². The Kier molecular flexibility index (Phi) is 3.21. The lowest BCUT2D eigenvalue weighted by atomic mass is 10.2. The zero-order chi connectivity index (χ0) is 12.3. The highest BCUT2D eigenvalue weighted by atomic mass is 79.9. The molecule has 0 radical (unpaired) electrons. The molecule has 2 rings (SSSR count). The molecule has 1 N–H and O–H groups in total. The van der Waals surface area contributed by atoms with Gasteiger partial charge < -0.3 is 5.21 Å². The third kappa shape index (κ3) is 2.34. The summed E-state index contributed by atoms with van der Waals surface area (Å²) in [6, 6.07) is 7.41. The molecule has 0 aliphatic heterocycles. The van der Waals surface area contributed by atoms with E-state index in [0.29, 0.717) is 5.56 Å². The Morgan fingerprint density at radius 2 is 2.35 bits per heavy atom. The summed E-state index contributed by atoms with van der Waals surface area (Å²) in [4.78, 5) is 0. The number of halogens is 1. The SMILES string of the molecule is N#Cc1cnn(-c2ccc(C=NO)cc2Br)c1. The molecular formula is C11H7BrN4O. The van der Waals surface area contributed by atoms with Gasteiger partial charge in [-0.1, -0.05) is 11.2 Å². The van der Waals surface area contributed by atoms with Gasteiger partial charge in [-0.3, -0.25) is 0 Å². The van der Waals surface area contributed by atoms with Crippen molar-refractivity contribution in [2.24, 2.45) is 5.16 Å². The van der Waals surface area contributed by atoms with Crippen LogP contribution in [0.4, 0.5) is 0 Å². The van der Waals surface area contributed by atoms with Crippen LogP contribution in [0.2, 0.25) is 0 Å². The molecule has 0 spiro atoms. The molecule has 6 heteroatoms. The van der Waals surface area contributed by atoms with Crippen LogP contribution in [-0.4, -0.2) is 21.2 Å². The van der Waals surface area contributed by atoms with E-state index in [1.807, 2.05) is 12.1 Å². The Labute approximate surface area is 106 Å². The van der Waals surface area contributed by atoms with Crippen molar-refractivity contribution >= 4 is 22.1 Å². The predicted octanol–water partition coefficient (Wildman–Crippen LogP) is 2.31. The molecular weight excluding hydrogens is 284 g/mol. The first-order valence-electron chi connectivity index (χ1n) is 4.66. The summed E-state index contributed by atoms with van der Waals surface area (Å²) in [5.74, 6) is 0. The van der Waals surface area contributed by atoms with Gasteiger partial charge in [0.15, 0.2) is 0 Å². The minimum atomic E-state index is 0.498. The number of hydrogen-bond donors (Lipinski definition) is 1. The average Bonchev–Trinajstić information content (AvgIpc) is 2.78. The lowest BCUT2D eigenvalue weighted by molar-refractivity contribution is 0.322. The van der Waals surface area contributed by atoms with E-state index in [-0.39, 0.29) is 0 Å². The van der Waals surface area contributed by atoms with E-state index in [9.17, 15) is 0 Å². The summed E-state index contributed by atoms with van der Waals surface area (Å²) >= 11 is 3.40. The maximum Gasteiger partial charge on any atom is 0.102 e. The fourth-order valence-corrected chi connectivity index (χ4v) is 1.95. The first-order valence-corrected chi connectivity index (χ1v) is 5.46. The maximum absolute atomic E-state index is 8.72. The molecule has 2 aromatic rings. The zero-order valence-corrected chi connectivity index (χ0v) is 10.2. The molecule has 1 heterocycles. The Bertz CT molecular complexity index is 612. The van der Waals surface area contributed by atoms with E-state index in [0.717, 1.165) is 15.7 Å². The van der Waals surface area contributed by atoms with Crippen molar-refractivity contribution in [3.63, 3.8) is 0 Å². The first kappa shape index (κ1) is 11.4. The Balaban J connectivity index is 2.43. The summed E-state index contributed by atoms with van der Waals surface area (Å²) in [5, 5.41) is 24.2. The smallest absolute Gasteiger partial charge is 0.102 e. The largest absolute Gasteiger partial charge is 0.411 e. The number of hydrogen-bond acceptors (Lipinski definition) is 4. The molecule has 0 fully saturated rings.